The molecule has 0 spiro atoms. The predicted octanol–water partition coefficient (Wildman–Crippen LogP) is 4.80. The minimum atomic E-state index is -0.576. The summed E-state index contributed by atoms with van der Waals surface area (Å²) in [5.74, 6) is -0.688. The van der Waals surface area contributed by atoms with Gasteiger partial charge in [-0.3, -0.25) is 9.63 Å². The highest BCUT2D eigenvalue weighted by Crippen LogP contribution is 2.37. The molecule has 8 heteroatoms. The number of hydroxylamine groups is 2. The Kier molecular flexibility index (Phi) is 6.86. The van der Waals surface area contributed by atoms with Crippen LogP contribution in [0.5, 0.6) is 5.75 Å². The van der Waals surface area contributed by atoms with Crippen LogP contribution >= 0.6 is 0 Å². The molecule has 1 atom stereocenters. The quantitative estimate of drug-likeness (QED) is 0.652. The molecule has 1 aliphatic heterocycles. The number of halogens is 2. The average Bonchev–Trinajstić information content (AvgIpc) is 3.33. The second-order valence-corrected chi connectivity index (χ2v) is 8.47. The number of nitrogens with zero attached hydrogens (tertiary/aromatic N) is 3. The molecule has 1 saturated heterocycles. The zero-order chi connectivity index (χ0) is 23.4. The van der Waals surface area contributed by atoms with E-state index < -0.39 is 17.7 Å². The van der Waals surface area contributed by atoms with E-state index in [1.54, 1.807) is 12.1 Å². The Morgan fingerprint density at radius 1 is 1.06 bits per heavy atom. The number of hydrogen-bond acceptors (Lipinski definition) is 5. The lowest BCUT2D eigenvalue weighted by molar-refractivity contribution is -0.183. The maximum atomic E-state index is 13.9. The fourth-order valence-electron chi connectivity index (χ4n) is 4.51. The minimum Gasteiger partial charge on any atom is -0.493 e. The van der Waals surface area contributed by atoms with Gasteiger partial charge in [-0.2, -0.15) is 10.5 Å². The number of hydrogen-bond donors (Lipinski definition) is 0. The first kappa shape index (κ1) is 22.7. The van der Waals surface area contributed by atoms with E-state index in [4.69, 9.17) is 20.1 Å². The molecule has 0 bridgehead atoms. The van der Waals surface area contributed by atoms with Gasteiger partial charge in [0.15, 0.2) is 0 Å². The monoisotopic (exact) mass is 451 g/mol. The van der Waals surface area contributed by atoms with Crippen molar-refractivity contribution in [3.63, 3.8) is 0 Å². The first-order chi connectivity index (χ1) is 16.0. The highest BCUT2D eigenvalue weighted by atomic mass is 19.1. The molecule has 2 aromatic rings. The molecule has 0 radical (unpaired) electrons. The number of benzene rings is 2. The third kappa shape index (κ3) is 5.13. The zero-order valence-corrected chi connectivity index (χ0v) is 18.0. The lowest BCUT2D eigenvalue weighted by Gasteiger charge is -2.32. The van der Waals surface area contributed by atoms with E-state index in [1.807, 2.05) is 6.07 Å². The fourth-order valence-corrected chi connectivity index (χ4v) is 4.51. The molecular weight excluding hydrogens is 428 g/mol. The van der Waals surface area contributed by atoms with Gasteiger partial charge in [0.05, 0.1) is 36.5 Å². The van der Waals surface area contributed by atoms with Crippen molar-refractivity contribution >= 4 is 5.91 Å². The van der Waals surface area contributed by atoms with Crippen LogP contribution in [0.3, 0.4) is 0 Å². The number of ether oxygens (including phenoxy) is 1. The molecule has 170 valence electrons. The highest BCUT2D eigenvalue weighted by Gasteiger charge is 2.37. The first-order valence-electron chi connectivity index (χ1n) is 11.0. The van der Waals surface area contributed by atoms with E-state index in [0.29, 0.717) is 43.8 Å². The van der Waals surface area contributed by atoms with Crippen LogP contribution in [0.1, 0.15) is 54.8 Å². The molecule has 0 N–H and O–H groups in total. The second-order valence-electron chi connectivity index (χ2n) is 8.47. The van der Waals surface area contributed by atoms with E-state index in [-0.39, 0.29) is 28.9 Å². The van der Waals surface area contributed by atoms with Gasteiger partial charge < -0.3 is 4.74 Å². The molecule has 1 heterocycles. The summed E-state index contributed by atoms with van der Waals surface area (Å²) in [6.07, 6.45) is 3.49. The maximum absolute atomic E-state index is 13.9. The van der Waals surface area contributed by atoms with Crippen LogP contribution in [-0.4, -0.2) is 24.2 Å². The Labute approximate surface area is 190 Å². The van der Waals surface area contributed by atoms with E-state index in [1.165, 1.54) is 35.4 Å². The summed E-state index contributed by atoms with van der Waals surface area (Å²) in [7, 11) is 0. The van der Waals surface area contributed by atoms with Crippen molar-refractivity contribution in [1.29, 1.82) is 10.5 Å². The van der Waals surface area contributed by atoms with Crippen LogP contribution in [0, 0.1) is 46.1 Å². The fraction of sp³-hybridized carbons (Fsp3) is 0.400. The molecule has 2 aliphatic rings. The van der Waals surface area contributed by atoms with Crippen molar-refractivity contribution in [1.82, 2.24) is 5.06 Å². The van der Waals surface area contributed by atoms with Crippen LogP contribution in [0.25, 0.3) is 0 Å². The molecule has 2 aromatic carbocycles. The Balaban J connectivity index is 1.33. The number of carbonyl (C=O) groups is 1. The molecule has 1 aliphatic carbocycles. The topological polar surface area (TPSA) is 86.3 Å². The van der Waals surface area contributed by atoms with Crippen LogP contribution in [0.2, 0.25) is 0 Å². The SMILES string of the molecule is N#Cc1cc(F)cc([C@@H]2CCON2C(=O)[C@H]2CC[C@H](COc3ccc(F)c(C#N)c3)CC2)c1. The molecule has 6 nitrogen and oxygen atoms in total. The van der Waals surface area contributed by atoms with Crippen LogP contribution < -0.4 is 4.74 Å². The van der Waals surface area contributed by atoms with Crippen LogP contribution in [-0.2, 0) is 9.63 Å². The van der Waals surface area contributed by atoms with E-state index in [2.05, 4.69) is 0 Å². The summed E-state index contributed by atoms with van der Waals surface area (Å²) in [5, 5.41) is 19.4. The van der Waals surface area contributed by atoms with Crippen molar-refractivity contribution < 1.29 is 23.1 Å². The third-order valence-electron chi connectivity index (χ3n) is 6.30. The third-order valence-corrected chi connectivity index (χ3v) is 6.30. The molecule has 0 aromatic heterocycles. The first-order valence-corrected chi connectivity index (χ1v) is 11.0. The molecule has 2 fully saturated rings. The van der Waals surface area contributed by atoms with Gasteiger partial charge in [-0.1, -0.05) is 0 Å². The van der Waals surface area contributed by atoms with E-state index in [9.17, 15) is 13.6 Å². The molecular formula is C25H23F2N3O3. The zero-order valence-electron chi connectivity index (χ0n) is 18.0. The summed E-state index contributed by atoms with van der Waals surface area (Å²) in [5.41, 5.74) is 0.727. The summed E-state index contributed by atoms with van der Waals surface area (Å²) in [6.45, 7) is 0.792. The van der Waals surface area contributed by atoms with Gasteiger partial charge in [0, 0.05) is 18.4 Å². The number of amides is 1. The van der Waals surface area contributed by atoms with Crippen molar-refractivity contribution in [3.05, 3.63) is 64.7 Å². The van der Waals surface area contributed by atoms with Crippen molar-refractivity contribution in [2.45, 2.75) is 38.1 Å². The van der Waals surface area contributed by atoms with Crippen molar-refractivity contribution in [2.24, 2.45) is 11.8 Å². The summed E-state index contributed by atoms with van der Waals surface area (Å²) < 4.78 is 33.1. The van der Waals surface area contributed by atoms with Gasteiger partial charge >= 0.3 is 0 Å². The van der Waals surface area contributed by atoms with Crippen molar-refractivity contribution in [2.75, 3.05) is 13.2 Å². The Bertz CT molecular complexity index is 1120. The van der Waals surface area contributed by atoms with Gasteiger partial charge in [-0.15, -0.1) is 0 Å². The van der Waals surface area contributed by atoms with Gasteiger partial charge in [0.2, 0.25) is 5.91 Å². The molecule has 1 saturated carbocycles. The second kappa shape index (κ2) is 9.97. The minimum absolute atomic E-state index is 0.0536. The van der Waals surface area contributed by atoms with Crippen LogP contribution in [0.15, 0.2) is 36.4 Å². The van der Waals surface area contributed by atoms with E-state index in [0.717, 1.165) is 12.8 Å². The summed E-state index contributed by atoms with van der Waals surface area (Å²) in [6, 6.07) is 11.6. The normalized spacial score (nSPS) is 22.4. The summed E-state index contributed by atoms with van der Waals surface area (Å²) >= 11 is 0. The smallest absolute Gasteiger partial charge is 0.249 e. The summed E-state index contributed by atoms with van der Waals surface area (Å²) in [4.78, 5) is 18.8. The maximum Gasteiger partial charge on any atom is 0.249 e. The number of rotatable bonds is 5. The standard InChI is InChI=1S/C25H23F2N3O3/c26-21-10-17(13-28)9-19(11-21)24-7-8-33-30(24)25(31)18-3-1-16(2-4-18)15-32-22-5-6-23(27)20(12-22)14-29/h5-6,9-12,16,18,24H,1-4,7-8,15H2/t16-,18-,24-/m0/s1. The van der Waals surface area contributed by atoms with Gasteiger partial charge in [0.1, 0.15) is 23.5 Å². The van der Waals surface area contributed by atoms with Gasteiger partial charge in [-0.05, 0) is 67.5 Å². The molecule has 4 rings (SSSR count). The number of carbonyl (C=O) groups excluding carboxylic acids is 1. The lowest BCUT2D eigenvalue weighted by Crippen LogP contribution is -2.37. The molecule has 33 heavy (non-hydrogen) atoms. The Morgan fingerprint density at radius 2 is 1.85 bits per heavy atom. The lowest BCUT2D eigenvalue weighted by atomic mass is 9.81. The van der Waals surface area contributed by atoms with Gasteiger partial charge in [0.25, 0.3) is 0 Å². The highest BCUT2D eigenvalue weighted by molar-refractivity contribution is 5.78. The van der Waals surface area contributed by atoms with E-state index >= 15 is 0 Å². The number of nitriles is 2. The average molecular weight is 451 g/mol. The Hall–Kier alpha value is -3.49. The molecule has 0 unspecified atom stereocenters. The van der Waals surface area contributed by atoms with Crippen molar-refractivity contribution in [3.8, 4) is 17.9 Å². The van der Waals surface area contributed by atoms with Gasteiger partial charge in [-0.25, -0.2) is 13.8 Å². The van der Waals surface area contributed by atoms with Crippen LogP contribution in [0.4, 0.5) is 8.78 Å². The largest absolute Gasteiger partial charge is 0.493 e. The Morgan fingerprint density at radius 3 is 2.58 bits per heavy atom. The predicted molar refractivity (Wildman–Crippen MR) is 113 cm³/mol. The molecule has 1 amide bonds.